The van der Waals surface area contributed by atoms with Gasteiger partial charge in [0.05, 0.1) is 0 Å². The van der Waals surface area contributed by atoms with Crippen LogP contribution in [-0.4, -0.2) is 16.9 Å². The van der Waals surface area contributed by atoms with Gasteiger partial charge in [-0.15, -0.1) is 0 Å². The zero-order valence-corrected chi connectivity index (χ0v) is 9.08. The third-order valence-corrected chi connectivity index (χ3v) is 2.51. The minimum Gasteiger partial charge on any atom is -0.359 e. The van der Waals surface area contributed by atoms with Gasteiger partial charge < -0.3 is 5.32 Å². The summed E-state index contributed by atoms with van der Waals surface area (Å²) >= 11 is 5.07. The first kappa shape index (κ1) is 10.4. The van der Waals surface area contributed by atoms with Crippen LogP contribution >= 0.6 is 12.2 Å². The van der Waals surface area contributed by atoms with Crippen molar-refractivity contribution in [2.45, 2.75) is 45.6 Å². The summed E-state index contributed by atoms with van der Waals surface area (Å²) in [5, 5.41) is 7.98. The lowest BCUT2D eigenvalue weighted by molar-refractivity contribution is 0.382. The SMILES string of the molecule is CC/C(C)=N/NC(=S)NC1CCC1. The number of hydrogen-bond donors (Lipinski definition) is 2. The second kappa shape index (κ2) is 5.17. The molecule has 74 valence electrons. The summed E-state index contributed by atoms with van der Waals surface area (Å²) < 4.78 is 0. The molecule has 1 saturated carbocycles. The molecule has 0 aliphatic heterocycles. The van der Waals surface area contributed by atoms with Crippen molar-refractivity contribution in [1.82, 2.24) is 10.7 Å². The summed E-state index contributed by atoms with van der Waals surface area (Å²) in [5.41, 5.74) is 3.91. The maximum atomic E-state index is 5.07. The molecule has 1 rings (SSSR count). The van der Waals surface area contributed by atoms with Gasteiger partial charge in [0.15, 0.2) is 5.11 Å². The van der Waals surface area contributed by atoms with E-state index in [4.69, 9.17) is 12.2 Å². The molecule has 0 heterocycles. The predicted octanol–water partition coefficient (Wildman–Crippen LogP) is 1.79. The highest BCUT2D eigenvalue weighted by Crippen LogP contribution is 2.17. The Morgan fingerprint density at radius 1 is 1.54 bits per heavy atom. The monoisotopic (exact) mass is 199 g/mol. The van der Waals surface area contributed by atoms with Crippen molar-refractivity contribution in [2.24, 2.45) is 5.10 Å². The number of rotatable bonds is 3. The normalized spacial score (nSPS) is 17.8. The van der Waals surface area contributed by atoms with Crippen LogP contribution in [0.3, 0.4) is 0 Å². The third kappa shape index (κ3) is 3.72. The Bertz CT molecular complexity index is 209. The molecule has 0 atom stereocenters. The Morgan fingerprint density at radius 2 is 2.23 bits per heavy atom. The van der Waals surface area contributed by atoms with E-state index in [2.05, 4.69) is 22.8 Å². The molecular formula is C9H17N3S. The molecule has 0 radical (unpaired) electrons. The van der Waals surface area contributed by atoms with E-state index >= 15 is 0 Å². The molecule has 13 heavy (non-hydrogen) atoms. The van der Waals surface area contributed by atoms with E-state index in [0.717, 1.165) is 12.1 Å². The Balaban J connectivity index is 2.16. The quantitative estimate of drug-likeness (QED) is 0.413. The summed E-state index contributed by atoms with van der Waals surface area (Å²) in [6.45, 7) is 4.06. The Morgan fingerprint density at radius 3 is 2.69 bits per heavy atom. The van der Waals surface area contributed by atoms with Crippen molar-refractivity contribution in [3.63, 3.8) is 0 Å². The van der Waals surface area contributed by atoms with Crippen molar-refractivity contribution in [2.75, 3.05) is 0 Å². The molecule has 0 amide bonds. The van der Waals surface area contributed by atoms with E-state index in [1.54, 1.807) is 0 Å². The zero-order chi connectivity index (χ0) is 9.68. The lowest BCUT2D eigenvalue weighted by atomic mass is 9.93. The summed E-state index contributed by atoms with van der Waals surface area (Å²) in [5.74, 6) is 0. The average Bonchev–Trinajstić information content (AvgIpc) is 2.07. The first-order valence-electron chi connectivity index (χ1n) is 4.82. The van der Waals surface area contributed by atoms with Crippen LogP contribution in [0.4, 0.5) is 0 Å². The third-order valence-electron chi connectivity index (χ3n) is 2.30. The summed E-state index contributed by atoms with van der Waals surface area (Å²) in [6.07, 6.45) is 4.74. The number of nitrogens with zero attached hydrogens (tertiary/aromatic N) is 1. The van der Waals surface area contributed by atoms with E-state index < -0.39 is 0 Å². The van der Waals surface area contributed by atoms with Crippen LogP contribution in [0.25, 0.3) is 0 Å². The number of nitrogens with one attached hydrogen (secondary N) is 2. The van der Waals surface area contributed by atoms with E-state index in [9.17, 15) is 0 Å². The molecule has 2 N–H and O–H groups in total. The van der Waals surface area contributed by atoms with Crippen molar-refractivity contribution in [1.29, 1.82) is 0 Å². The maximum Gasteiger partial charge on any atom is 0.187 e. The molecule has 0 bridgehead atoms. The molecule has 1 aliphatic carbocycles. The van der Waals surface area contributed by atoms with Crippen molar-refractivity contribution >= 4 is 23.0 Å². The fourth-order valence-corrected chi connectivity index (χ4v) is 1.21. The molecule has 0 saturated heterocycles. The number of hydrogen-bond acceptors (Lipinski definition) is 2. The molecule has 3 nitrogen and oxygen atoms in total. The van der Waals surface area contributed by atoms with E-state index in [0.29, 0.717) is 11.2 Å². The van der Waals surface area contributed by atoms with Crippen LogP contribution in [-0.2, 0) is 0 Å². The standard InChI is InChI=1S/C9H17N3S/c1-3-7(2)11-12-9(13)10-8-5-4-6-8/h8H,3-6H2,1-2H3,(H2,10,12,13)/b11-7+. The smallest absolute Gasteiger partial charge is 0.187 e. The van der Waals surface area contributed by atoms with Crippen LogP contribution < -0.4 is 10.7 Å². The highest BCUT2D eigenvalue weighted by atomic mass is 32.1. The minimum absolute atomic E-state index is 0.581. The first-order chi connectivity index (χ1) is 6.22. The molecule has 0 aromatic carbocycles. The van der Waals surface area contributed by atoms with Crippen molar-refractivity contribution in [3.05, 3.63) is 0 Å². The largest absolute Gasteiger partial charge is 0.359 e. The Kier molecular flexibility index (Phi) is 4.15. The van der Waals surface area contributed by atoms with Gasteiger partial charge in [-0.05, 0) is 44.8 Å². The van der Waals surface area contributed by atoms with Gasteiger partial charge in [0.1, 0.15) is 0 Å². The molecule has 4 heteroatoms. The van der Waals surface area contributed by atoms with Gasteiger partial charge in [0, 0.05) is 11.8 Å². The molecular weight excluding hydrogens is 182 g/mol. The second-order valence-corrected chi connectivity index (χ2v) is 3.82. The van der Waals surface area contributed by atoms with Crippen LogP contribution in [0.1, 0.15) is 39.5 Å². The van der Waals surface area contributed by atoms with Gasteiger partial charge in [0.2, 0.25) is 0 Å². The number of hydrazone groups is 1. The molecule has 0 aromatic heterocycles. The van der Waals surface area contributed by atoms with Crippen LogP contribution in [0.5, 0.6) is 0 Å². The Labute approximate surface area is 85.0 Å². The lowest BCUT2D eigenvalue weighted by Gasteiger charge is -2.27. The van der Waals surface area contributed by atoms with Gasteiger partial charge in [-0.1, -0.05) is 6.92 Å². The fraction of sp³-hybridized carbons (Fsp3) is 0.778. The highest BCUT2D eigenvalue weighted by Gasteiger charge is 2.17. The van der Waals surface area contributed by atoms with Crippen molar-refractivity contribution < 1.29 is 0 Å². The van der Waals surface area contributed by atoms with Gasteiger partial charge in [-0.25, -0.2) is 0 Å². The predicted molar refractivity (Wildman–Crippen MR) is 59.9 cm³/mol. The zero-order valence-electron chi connectivity index (χ0n) is 8.26. The summed E-state index contributed by atoms with van der Waals surface area (Å²) in [7, 11) is 0. The van der Waals surface area contributed by atoms with Crippen LogP contribution in [0, 0.1) is 0 Å². The van der Waals surface area contributed by atoms with Gasteiger partial charge in [0.25, 0.3) is 0 Å². The van der Waals surface area contributed by atoms with Crippen LogP contribution in [0.15, 0.2) is 5.10 Å². The van der Waals surface area contributed by atoms with E-state index in [-0.39, 0.29) is 0 Å². The fourth-order valence-electron chi connectivity index (χ4n) is 0.996. The molecule has 0 aromatic rings. The topological polar surface area (TPSA) is 36.4 Å². The number of thiocarbonyl (C=S) groups is 1. The summed E-state index contributed by atoms with van der Waals surface area (Å²) in [6, 6.07) is 0.581. The van der Waals surface area contributed by atoms with Gasteiger partial charge in [-0.3, -0.25) is 5.43 Å². The van der Waals surface area contributed by atoms with Gasteiger partial charge >= 0.3 is 0 Å². The molecule has 1 fully saturated rings. The second-order valence-electron chi connectivity index (χ2n) is 3.41. The molecule has 0 spiro atoms. The van der Waals surface area contributed by atoms with Crippen molar-refractivity contribution in [3.8, 4) is 0 Å². The van der Waals surface area contributed by atoms with Crippen LogP contribution in [0.2, 0.25) is 0 Å². The van der Waals surface area contributed by atoms with E-state index in [1.165, 1.54) is 19.3 Å². The molecule has 1 aliphatic rings. The molecule has 0 unspecified atom stereocenters. The first-order valence-corrected chi connectivity index (χ1v) is 5.23. The minimum atomic E-state index is 0.581. The Hall–Kier alpha value is -0.640. The lowest BCUT2D eigenvalue weighted by Crippen LogP contribution is -2.43. The maximum absolute atomic E-state index is 5.07. The highest BCUT2D eigenvalue weighted by molar-refractivity contribution is 7.80. The summed E-state index contributed by atoms with van der Waals surface area (Å²) in [4.78, 5) is 0. The van der Waals surface area contributed by atoms with E-state index in [1.807, 2.05) is 6.92 Å². The average molecular weight is 199 g/mol. The van der Waals surface area contributed by atoms with Gasteiger partial charge in [-0.2, -0.15) is 5.10 Å².